The van der Waals surface area contributed by atoms with Crippen molar-refractivity contribution in [1.82, 2.24) is 9.97 Å². The first-order valence-corrected chi connectivity index (χ1v) is 7.27. The fraction of sp³-hybridized carbons (Fsp3) is 0. The Morgan fingerprint density at radius 2 is 1.23 bits per heavy atom. The summed E-state index contributed by atoms with van der Waals surface area (Å²) < 4.78 is 0. The molecule has 0 aliphatic carbocycles. The number of rotatable bonds is 2. The normalized spacial score (nSPS) is 10.7. The molecule has 0 bridgehead atoms. The molecule has 1 heterocycles. The zero-order chi connectivity index (χ0) is 14.8. The van der Waals surface area contributed by atoms with E-state index < -0.39 is 0 Å². The van der Waals surface area contributed by atoms with E-state index in [-0.39, 0.29) is 0 Å². The Bertz CT molecular complexity index is 916. The van der Waals surface area contributed by atoms with Gasteiger partial charge < -0.3 is 0 Å². The van der Waals surface area contributed by atoms with Crippen LogP contribution in [-0.2, 0) is 0 Å². The molecule has 0 unspecified atom stereocenters. The molecule has 4 aromatic rings. The molecule has 22 heavy (non-hydrogen) atoms. The summed E-state index contributed by atoms with van der Waals surface area (Å²) >= 11 is 0. The molecule has 4 rings (SSSR count). The number of nitrogens with zero attached hydrogens (tertiary/aromatic N) is 2. The van der Waals surface area contributed by atoms with Gasteiger partial charge >= 0.3 is 0 Å². The Labute approximate surface area is 129 Å². The Hall–Kier alpha value is -3.00. The molecule has 0 aliphatic rings. The fourth-order valence-corrected chi connectivity index (χ4v) is 2.69. The maximum atomic E-state index is 4.50. The highest BCUT2D eigenvalue weighted by atomic mass is 14.8. The highest BCUT2D eigenvalue weighted by Crippen LogP contribution is 2.29. The Balaban J connectivity index is 1.95. The lowest BCUT2D eigenvalue weighted by Gasteiger charge is -2.08. The predicted molar refractivity (Wildman–Crippen MR) is 90.4 cm³/mol. The Kier molecular flexibility index (Phi) is 3.13. The van der Waals surface area contributed by atoms with Gasteiger partial charge in [0.05, 0.1) is 11.2 Å². The summed E-state index contributed by atoms with van der Waals surface area (Å²) in [4.78, 5) is 8.89. The van der Waals surface area contributed by atoms with Gasteiger partial charge in [-0.05, 0) is 23.3 Å². The summed E-state index contributed by atoms with van der Waals surface area (Å²) in [6.45, 7) is 0. The highest BCUT2D eigenvalue weighted by Gasteiger charge is 2.07. The average Bonchev–Trinajstić information content (AvgIpc) is 2.62. The first-order chi connectivity index (χ1) is 10.9. The fourth-order valence-electron chi connectivity index (χ4n) is 2.69. The molecule has 0 fully saturated rings. The van der Waals surface area contributed by atoms with Crippen molar-refractivity contribution in [3.8, 4) is 22.4 Å². The van der Waals surface area contributed by atoms with Gasteiger partial charge in [-0.3, -0.25) is 0 Å². The van der Waals surface area contributed by atoms with E-state index in [1.807, 2.05) is 24.3 Å². The maximum absolute atomic E-state index is 4.50. The van der Waals surface area contributed by atoms with Crippen molar-refractivity contribution in [2.24, 2.45) is 0 Å². The van der Waals surface area contributed by atoms with Crippen LogP contribution in [0.3, 0.4) is 0 Å². The molecule has 0 spiro atoms. The lowest BCUT2D eigenvalue weighted by molar-refractivity contribution is 1.22. The highest BCUT2D eigenvalue weighted by molar-refractivity contribution is 5.94. The zero-order valence-corrected chi connectivity index (χ0v) is 12.0. The van der Waals surface area contributed by atoms with E-state index in [0.29, 0.717) is 0 Å². The maximum Gasteiger partial charge on any atom is 0.116 e. The number of hydrogen-bond acceptors (Lipinski definition) is 2. The van der Waals surface area contributed by atoms with Crippen molar-refractivity contribution in [2.45, 2.75) is 0 Å². The first-order valence-electron chi connectivity index (χ1n) is 7.27. The van der Waals surface area contributed by atoms with Crippen LogP contribution < -0.4 is 0 Å². The van der Waals surface area contributed by atoms with E-state index in [2.05, 4.69) is 64.6 Å². The van der Waals surface area contributed by atoms with E-state index in [1.165, 1.54) is 11.1 Å². The van der Waals surface area contributed by atoms with Gasteiger partial charge in [0.1, 0.15) is 6.33 Å². The number of fused-ring (bicyclic) bond motifs is 1. The minimum atomic E-state index is 0.966. The monoisotopic (exact) mass is 282 g/mol. The molecule has 0 saturated heterocycles. The van der Waals surface area contributed by atoms with Gasteiger partial charge in [0.25, 0.3) is 0 Å². The molecule has 0 amide bonds. The summed E-state index contributed by atoms with van der Waals surface area (Å²) in [6, 6.07) is 27.0. The van der Waals surface area contributed by atoms with Gasteiger partial charge in [-0.1, -0.05) is 66.7 Å². The summed E-state index contributed by atoms with van der Waals surface area (Å²) in [5, 5.41) is 1.08. The summed E-state index contributed by atoms with van der Waals surface area (Å²) in [6.07, 6.45) is 1.63. The molecule has 1 aromatic heterocycles. The third kappa shape index (κ3) is 2.25. The molecule has 2 nitrogen and oxygen atoms in total. The van der Waals surface area contributed by atoms with E-state index >= 15 is 0 Å². The number of hydrogen-bond donors (Lipinski definition) is 0. The molecule has 104 valence electrons. The van der Waals surface area contributed by atoms with Gasteiger partial charge in [-0.15, -0.1) is 0 Å². The van der Waals surface area contributed by atoms with Gasteiger partial charge in [0.15, 0.2) is 0 Å². The van der Waals surface area contributed by atoms with E-state index in [9.17, 15) is 0 Å². The van der Waals surface area contributed by atoms with Crippen molar-refractivity contribution in [3.63, 3.8) is 0 Å². The van der Waals surface area contributed by atoms with Crippen LogP contribution in [0.5, 0.6) is 0 Å². The molecule has 0 N–H and O–H groups in total. The van der Waals surface area contributed by atoms with Crippen LogP contribution in [0.15, 0.2) is 85.2 Å². The molecule has 0 aliphatic heterocycles. The van der Waals surface area contributed by atoms with E-state index in [1.54, 1.807) is 6.33 Å². The molecule has 2 heteroatoms. The SMILES string of the molecule is c1ccc(-c2ccc3ncnc(-c4ccccc4)c3c2)cc1. The van der Waals surface area contributed by atoms with Crippen LogP contribution in [0.2, 0.25) is 0 Å². The second kappa shape index (κ2) is 5.41. The first kappa shape index (κ1) is 12.7. The second-order valence-electron chi connectivity index (χ2n) is 5.19. The third-order valence-corrected chi connectivity index (χ3v) is 3.79. The third-order valence-electron chi connectivity index (χ3n) is 3.79. The van der Waals surface area contributed by atoms with Crippen LogP contribution in [0, 0.1) is 0 Å². The smallest absolute Gasteiger partial charge is 0.116 e. The van der Waals surface area contributed by atoms with Gasteiger partial charge in [-0.2, -0.15) is 0 Å². The largest absolute Gasteiger partial charge is 0.236 e. The zero-order valence-electron chi connectivity index (χ0n) is 12.0. The molecule has 0 radical (unpaired) electrons. The lowest BCUT2D eigenvalue weighted by Crippen LogP contribution is -1.89. The second-order valence-corrected chi connectivity index (χ2v) is 5.19. The molecule has 0 atom stereocenters. The van der Waals surface area contributed by atoms with Crippen LogP contribution in [-0.4, -0.2) is 9.97 Å². The van der Waals surface area contributed by atoms with Crippen LogP contribution in [0.1, 0.15) is 0 Å². The topological polar surface area (TPSA) is 25.8 Å². The minimum absolute atomic E-state index is 0.966. The van der Waals surface area contributed by atoms with Gasteiger partial charge in [-0.25, -0.2) is 9.97 Å². The average molecular weight is 282 g/mol. The van der Waals surface area contributed by atoms with Crippen LogP contribution >= 0.6 is 0 Å². The van der Waals surface area contributed by atoms with Crippen LogP contribution in [0.25, 0.3) is 33.3 Å². The molecular formula is C20H14N2. The minimum Gasteiger partial charge on any atom is -0.236 e. The molecule has 3 aromatic carbocycles. The summed E-state index contributed by atoms with van der Waals surface area (Å²) in [7, 11) is 0. The summed E-state index contributed by atoms with van der Waals surface area (Å²) in [5.41, 5.74) is 5.43. The Morgan fingerprint density at radius 1 is 0.545 bits per heavy atom. The van der Waals surface area contributed by atoms with E-state index in [0.717, 1.165) is 22.2 Å². The lowest BCUT2D eigenvalue weighted by atomic mass is 10.0. The Morgan fingerprint density at radius 3 is 1.95 bits per heavy atom. The summed E-state index contributed by atoms with van der Waals surface area (Å²) in [5.74, 6) is 0. The van der Waals surface area contributed by atoms with Gasteiger partial charge in [0, 0.05) is 10.9 Å². The van der Waals surface area contributed by atoms with Crippen molar-refractivity contribution < 1.29 is 0 Å². The van der Waals surface area contributed by atoms with Crippen molar-refractivity contribution in [3.05, 3.63) is 85.2 Å². The van der Waals surface area contributed by atoms with Crippen LogP contribution in [0.4, 0.5) is 0 Å². The number of benzene rings is 3. The quantitative estimate of drug-likeness (QED) is 0.519. The van der Waals surface area contributed by atoms with Crippen molar-refractivity contribution in [1.29, 1.82) is 0 Å². The number of aromatic nitrogens is 2. The van der Waals surface area contributed by atoms with Crippen molar-refractivity contribution in [2.75, 3.05) is 0 Å². The molecular weight excluding hydrogens is 268 g/mol. The molecule has 0 saturated carbocycles. The standard InChI is InChI=1S/C20H14N2/c1-3-7-15(8-4-1)17-11-12-19-18(13-17)20(22-14-21-19)16-9-5-2-6-10-16/h1-14H. The van der Waals surface area contributed by atoms with Crippen molar-refractivity contribution >= 4 is 10.9 Å². The predicted octanol–water partition coefficient (Wildman–Crippen LogP) is 4.96. The van der Waals surface area contributed by atoms with Gasteiger partial charge in [0.2, 0.25) is 0 Å². The van der Waals surface area contributed by atoms with E-state index in [4.69, 9.17) is 0 Å².